The molecular formula is C19H20N4O. The van der Waals surface area contributed by atoms with Gasteiger partial charge in [-0.25, -0.2) is 0 Å². The molecule has 1 N–H and O–H groups in total. The molecule has 2 heterocycles. The van der Waals surface area contributed by atoms with E-state index in [9.17, 15) is 4.79 Å². The first kappa shape index (κ1) is 15.9. The molecule has 5 heteroatoms. The Morgan fingerprint density at radius 3 is 2.50 bits per heavy atom. The number of aromatic nitrogens is 3. The molecule has 3 rings (SSSR count). The third kappa shape index (κ3) is 3.35. The third-order valence-electron chi connectivity index (χ3n) is 3.97. The summed E-state index contributed by atoms with van der Waals surface area (Å²) in [6.45, 7) is 6.60. The highest BCUT2D eigenvalue weighted by Gasteiger charge is 2.15. The van der Waals surface area contributed by atoms with Gasteiger partial charge >= 0.3 is 0 Å². The van der Waals surface area contributed by atoms with Gasteiger partial charge in [0, 0.05) is 6.20 Å². The summed E-state index contributed by atoms with van der Waals surface area (Å²) >= 11 is 0. The first-order valence-electron chi connectivity index (χ1n) is 7.86. The number of nitrogens with one attached hydrogen (secondary N) is 1. The number of nitrogens with zero attached hydrogens (tertiary/aromatic N) is 3. The van der Waals surface area contributed by atoms with Crippen LogP contribution in [0.25, 0.3) is 0 Å². The summed E-state index contributed by atoms with van der Waals surface area (Å²) in [7, 11) is 0. The van der Waals surface area contributed by atoms with Gasteiger partial charge < -0.3 is 5.32 Å². The molecule has 3 aromatic rings. The SMILES string of the molecule is Cc1ccc(Cn2nc(C)c(NC(=O)c3ccccn3)c2C)cc1. The van der Waals surface area contributed by atoms with Crippen molar-refractivity contribution < 1.29 is 4.79 Å². The molecule has 0 aliphatic carbocycles. The molecule has 0 saturated heterocycles. The predicted octanol–water partition coefficient (Wildman–Crippen LogP) is 3.50. The van der Waals surface area contributed by atoms with Crippen LogP contribution in [0, 0.1) is 20.8 Å². The molecule has 0 bridgehead atoms. The number of benzene rings is 1. The first-order valence-corrected chi connectivity index (χ1v) is 7.86. The lowest BCUT2D eigenvalue weighted by Crippen LogP contribution is -2.14. The summed E-state index contributed by atoms with van der Waals surface area (Å²) in [5, 5.41) is 7.48. The van der Waals surface area contributed by atoms with E-state index in [0.717, 1.165) is 17.1 Å². The van der Waals surface area contributed by atoms with Gasteiger partial charge in [-0.05, 0) is 38.5 Å². The van der Waals surface area contributed by atoms with Crippen molar-refractivity contribution in [2.24, 2.45) is 0 Å². The molecule has 0 unspecified atom stereocenters. The molecule has 122 valence electrons. The molecule has 2 aromatic heterocycles. The van der Waals surface area contributed by atoms with E-state index in [-0.39, 0.29) is 5.91 Å². The topological polar surface area (TPSA) is 59.8 Å². The highest BCUT2D eigenvalue weighted by atomic mass is 16.1. The van der Waals surface area contributed by atoms with Crippen LogP contribution in [0.15, 0.2) is 48.7 Å². The molecule has 0 atom stereocenters. The number of rotatable bonds is 4. The van der Waals surface area contributed by atoms with Crippen LogP contribution in [-0.4, -0.2) is 20.7 Å². The third-order valence-corrected chi connectivity index (χ3v) is 3.97. The summed E-state index contributed by atoms with van der Waals surface area (Å²) in [4.78, 5) is 16.4. The largest absolute Gasteiger partial charge is 0.317 e. The van der Waals surface area contributed by atoms with Crippen molar-refractivity contribution in [3.05, 3.63) is 76.9 Å². The summed E-state index contributed by atoms with van der Waals surface area (Å²) in [6, 6.07) is 13.6. The van der Waals surface area contributed by atoms with Gasteiger partial charge in [0.05, 0.1) is 23.6 Å². The van der Waals surface area contributed by atoms with Crippen molar-refractivity contribution in [3.8, 4) is 0 Å². The van der Waals surface area contributed by atoms with Gasteiger partial charge in [-0.2, -0.15) is 5.10 Å². The smallest absolute Gasteiger partial charge is 0.274 e. The molecule has 0 aliphatic rings. The molecule has 0 saturated carbocycles. The molecule has 5 nitrogen and oxygen atoms in total. The number of aryl methyl sites for hydroxylation is 2. The van der Waals surface area contributed by atoms with E-state index >= 15 is 0 Å². The Kier molecular flexibility index (Phi) is 4.42. The number of hydrogen-bond acceptors (Lipinski definition) is 3. The highest BCUT2D eigenvalue weighted by Crippen LogP contribution is 2.21. The number of anilines is 1. The van der Waals surface area contributed by atoms with Crippen LogP contribution in [0.4, 0.5) is 5.69 Å². The Bertz CT molecular complexity index is 851. The van der Waals surface area contributed by atoms with Crippen molar-refractivity contribution in [2.75, 3.05) is 5.32 Å². The number of pyridine rings is 1. The van der Waals surface area contributed by atoms with E-state index in [0.29, 0.717) is 12.2 Å². The quantitative estimate of drug-likeness (QED) is 0.800. The van der Waals surface area contributed by atoms with Gasteiger partial charge in [0.1, 0.15) is 5.69 Å². The maximum absolute atomic E-state index is 12.3. The van der Waals surface area contributed by atoms with Crippen molar-refractivity contribution >= 4 is 11.6 Å². The first-order chi connectivity index (χ1) is 11.5. The van der Waals surface area contributed by atoms with Gasteiger partial charge in [0.15, 0.2) is 0 Å². The van der Waals surface area contributed by atoms with Gasteiger partial charge in [-0.15, -0.1) is 0 Å². The fourth-order valence-electron chi connectivity index (χ4n) is 2.57. The Hall–Kier alpha value is -2.95. The van der Waals surface area contributed by atoms with E-state index in [2.05, 4.69) is 46.6 Å². The van der Waals surface area contributed by atoms with E-state index in [1.54, 1.807) is 24.4 Å². The minimum atomic E-state index is -0.225. The van der Waals surface area contributed by atoms with Crippen molar-refractivity contribution in [1.29, 1.82) is 0 Å². The Morgan fingerprint density at radius 1 is 1.08 bits per heavy atom. The molecule has 1 aromatic carbocycles. The number of hydrogen-bond donors (Lipinski definition) is 1. The molecule has 0 radical (unpaired) electrons. The van der Waals surface area contributed by atoms with Crippen molar-refractivity contribution in [1.82, 2.24) is 14.8 Å². The van der Waals surface area contributed by atoms with Crippen LogP contribution in [0.5, 0.6) is 0 Å². The van der Waals surface area contributed by atoms with Crippen LogP contribution in [0.1, 0.15) is 33.0 Å². The van der Waals surface area contributed by atoms with E-state index in [1.807, 2.05) is 18.5 Å². The Morgan fingerprint density at radius 2 is 1.83 bits per heavy atom. The van der Waals surface area contributed by atoms with Crippen LogP contribution in [0.3, 0.4) is 0 Å². The lowest BCUT2D eigenvalue weighted by molar-refractivity contribution is 0.102. The average Bonchev–Trinajstić information content (AvgIpc) is 2.85. The molecule has 0 aliphatic heterocycles. The number of amides is 1. The van der Waals surface area contributed by atoms with E-state index in [4.69, 9.17) is 0 Å². The van der Waals surface area contributed by atoms with Gasteiger partial charge in [-0.1, -0.05) is 35.9 Å². The van der Waals surface area contributed by atoms with E-state index in [1.165, 1.54) is 11.1 Å². The summed E-state index contributed by atoms with van der Waals surface area (Å²) in [5.41, 5.74) is 5.27. The summed E-state index contributed by atoms with van der Waals surface area (Å²) in [5.74, 6) is -0.225. The highest BCUT2D eigenvalue weighted by molar-refractivity contribution is 6.03. The lowest BCUT2D eigenvalue weighted by atomic mass is 10.1. The van der Waals surface area contributed by atoms with Gasteiger partial charge in [0.2, 0.25) is 0 Å². The van der Waals surface area contributed by atoms with Crippen LogP contribution in [0.2, 0.25) is 0 Å². The zero-order valence-corrected chi connectivity index (χ0v) is 14.1. The molecule has 1 amide bonds. The fraction of sp³-hybridized carbons (Fsp3) is 0.211. The molecular weight excluding hydrogens is 300 g/mol. The predicted molar refractivity (Wildman–Crippen MR) is 94.2 cm³/mol. The van der Waals surface area contributed by atoms with Gasteiger partial charge in [-0.3, -0.25) is 14.5 Å². The Labute approximate surface area is 141 Å². The maximum atomic E-state index is 12.3. The van der Waals surface area contributed by atoms with Crippen molar-refractivity contribution in [3.63, 3.8) is 0 Å². The number of carbonyl (C=O) groups is 1. The minimum Gasteiger partial charge on any atom is -0.317 e. The second-order valence-electron chi connectivity index (χ2n) is 5.86. The molecule has 0 spiro atoms. The number of carbonyl (C=O) groups excluding carboxylic acids is 1. The van der Waals surface area contributed by atoms with Crippen LogP contribution >= 0.6 is 0 Å². The normalized spacial score (nSPS) is 10.6. The second kappa shape index (κ2) is 6.66. The standard InChI is InChI=1S/C19H20N4O/c1-13-7-9-16(10-8-13)12-23-15(3)18(14(2)22-23)21-19(24)17-6-4-5-11-20-17/h4-11H,12H2,1-3H3,(H,21,24). The zero-order chi connectivity index (χ0) is 17.1. The average molecular weight is 320 g/mol. The van der Waals surface area contributed by atoms with E-state index < -0.39 is 0 Å². The summed E-state index contributed by atoms with van der Waals surface area (Å²) in [6.07, 6.45) is 1.61. The Balaban J connectivity index is 1.81. The zero-order valence-electron chi connectivity index (χ0n) is 14.1. The monoisotopic (exact) mass is 320 g/mol. The second-order valence-corrected chi connectivity index (χ2v) is 5.86. The fourth-order valence-corrected chi connectivity index (χ4v) is 2.57. The lowest BCUT2D eigenvalue weighted by Gasteiger charge is -2.07. The van der Waals surface area contributed by atoms with Crippen LogP contribution < -0.4 is 5.32 Å². The molecule has 24 heavy (non-hydrogen) atoms. The summed E-state index contributed by atoms with van der Waals surface area (Å²) < 4.78 is 1.91. The maximum Gasteiger partial charge on any atom is 0.274 e. The van der Waals surface area contributed by atoms with Crippen molar-refractivity contribution in [2.45, 2.75) is 27.3 Å². The minimum absolute atomic E-state index is 0.225. The molecule has 0 fully saturated rings. The van der Waals surface area contributed by atoms with Crippen LogP contribution in [-0.2, 0) is 6.54 Å². The van der Waals surface area contributed by atoms with Gasteiger partial charge in [0.25, 0.3) is 5.91 Å².